The summed E-state index contributed by atoms with van der Waals surface area (Å²) in [6, 6.07) is 83.8. The third-order valence-electron chi connectivity index (χ3n) is 11.6. The molecule has 0 aliphatic rings. The first kappa shape index (κ1) is 33.6. The second-order valence-electron chi connectivity index (χ2n) is 14.9. The topological polar surface area (TPSA) is 8.17 Å². The lowest BCUT2D eigenvalue weighted by Gasteiger charge is -2.31. The zero-order valence-corrected chi connectivity index (χ0v) is 31.8. The van der Waals surface area contributed by atoms with Crippen LogP contribution in [-0.2, 0) is 0 Å². The van der Waals surface area contributed by atoms with Crippen molar-refractivity contribution in [1.29, 1.82) is 0 Å². The van der Waals surface area contributed by atoms with Crippen molar-refractivity contribution in [1.82, 2.24) is 4.57 Å². The van der Waals surface area contributed by atoms with Crippen LogP contribution >= 0.6 is 0 Å². The van der Waals surface area contributed by atoms with Crippen molar-refractivity contribution in [3.63, 3.8) is 0 Å². The highest BCUT2D eigenvalue weighted by molar-refractivity contribution is 6.18. The molecule has 58 heavy (non-hydrogen) atoms. The molecule has 2 heteroatoms. The summed E-state index contributed by atoms with van der Waals surface area (Å²) in [7, 11) is 0. The fourth-order valence-electron chi connectivity index (χ4n) is 9.00. The highest BCUT2D eigenvalue weighted by Crippen LogP contribution is 2.50. The number of anilines is 3. The van der Waals surface area contributed by atoms with Crippen molar-refractivity contribution in [2.75, 3.05) is 4.90 Å². The van der Waals surface area contributed by atoms with Crippen molar-refractivity contribution in [3.05, 3.63) is 231 Å². The van der Waals surface area contributed by atoms with Crippen LogP contribution in [0.2, 0.25) is 0 Å². The van der Waals surface area contributed by atoms with E-state index in [9.17, 15) is 0 Å². The van der Waals surface area contributed by atoms with Crippen molar-refractivity contribution >= 4 is 60.4 Å². The lowest BCUT2D eigenvalue weighted by molar-refractivity contribution is 1.18. The lowest BCUT2D eigenvalue weighted by Crippen LogP contribution is -2.12. The van der Waals surface area contributed by atoms with Gasteiger partial charge in [-0.1, -0.05) is 182 Å². The van der Waals surface area contributed by atoms with E-state index in [1.807, 2.05) is 0 Å². The molecule has 0 unspecified atom stereocenters. The SMILES string of the molecule is c1ccc(-c2cc(-c3cccc4ccccc34)ccc2N(c2ccc(-c3ccccc3)c3ccccc23)c2cccc3c2c2ccccc2n3-c2ccccc2)cc1. The molecule has 1 heterocycles. The Hall–Kier alpha value is -7.68. The van der Waals surface area contributed by atoms with Crippen molar-refractivity contribution < 1.29 is 0 Å². The normalized spacial score (nSPS) is 11.4. The second kappa shape index (κ2) is 14.1. The molecule has 0 N–H and O–H groups in total. The van der Waals surface area contributed by atoms with Gasteiger partial charge < -0.3 is 9.47 Å². The van der Waals surface area contributed by atoms with Gasteiger partial charge in [0.2, 0.25) is 0 Å². The van der Waals surface area contributed by atoms with Gasteiger partial charge in [0, 0.05) is 27.4 Å². The number of benzene rings is 10. The van der Waals surface area contributed by atoms with Crippen molar-refractivity contribution in [2.24, 2.45) is 0 Å². The van der Waals surface area contributed by atoms with Crippen LogP contribution < -0.4 is 4.90 Å². The Balaban J connectivity index is 1.25. The van der Waals surface area contributed by atoms with Crippen LogP contribution in [0.25, 0.3) is 82.4 Å². The monoisotopic (exact) mass is 738 g/mol. The summed E-state index contributed by atoms with van der Waals surface area (Å²) >= 11 is 0. The summed E-state index contributed by atoms with van der Waals surface area (Å²) in [5.41, 5.74) is 14.0. The van der Waals surface area contributed by atoms with Gasteiger partial charge in [-0.15, -0.1) is 0 Å². The van der Waals surface area contributed by atoms with Crippen LogP contribution in [0.4, 0.5) is 17.1 Å². The summed E-state index contributed by atoms with van der Waals surface area (Å²) < 4.78 is 2.41. The summed E-state index contributed by atoms with van der Waals surface area (Å²) in [6.45, 7) is 0. The van der Waals surface area contributed by atoms with Crippen LogP contribution in [0.5, 0.6) is 0 Å². The van der Waals surface area contributed by atoms with E-state index in [4.69, 9.17) is 0 Å². The molecule has 11 rings (SSSR count). The molecule has 1 aromatic heterocycles. The summed E-state index contributed by atoms with van der Waals surface area (Å²) in [5.74, 6) is 0. The third kappa shape index (κ3) is 5.57. The van der Waals surface area contributed by atoms with Gasteiger partial charge in [0.05, 0.1) is 28.1 Å². The fourth-order valence-corrected chi connectivity index (χ4v) is 9.00. The van der Waals surface area contributed by atoms with Crippen molar-refractivity contribution in [2.45, 2.75) is 0 Å². The Morgan fingerprint density at radius 3 is 1.62 bits per heavy atom. The molecule has 0 radical (unpaired) electrons. The minimum absolute atomic E-state index is 1.11. The predicted molar refractivity (Wildman–Crippen MR) is 247 cm³/mol. The Labute approximate surface area is 338 Å². The molecule has 0 spiro atoms. The van der Waals surface area contributed by atoms with Gasteiger partial charge in [0.1, 0.15) is 0 Å². The van der Waals surface area contributed by atoms with Crippen LogP contribution in [0, 0.1) is 0 Å². The average Bonchev–Trinajstić information content (AvgIpc) is 3.65. The van der Waals surface area contributed by atoms with E-state index in [1.54, 1.807) is 0 Å². The molecule has 0 aliphatic carbocycles. The van der Waals surface area contributed by atoms with Gasteiger partial charge in [0.15, 0.2) is 0 Å². The van der Waals surface area contributed by atoms with Crippen LogP contribution in [0.1, 0.15) is 0 Å². The van der Waals surface area contributed by atoms with Gasteiger partial charge in [0.25, 0.3) is 0 Å². The molecule has 11 aromatic rings. The average molecular weight is 739 g/mol. The third-order valence-corrected chi connectivity index (χ3v) is 11.6. The molecule has 0 fully saturated rings. The molecular weight excluding hydrogens is 701 g/mol. The Bertz CT molecular complexity index is 3270. The Kier molecular flexibility index (Phi) is 8.19. The van der Waals surface area contributed by atoms with Crippen LogP contribution in [0.15, 0.2) is 231 Å². The Morgan fingerprint density at radius 1 is 0.293 bits per heavy atom. The number of aromatic nitrogens is 1. The molecule has 0 aliphatic heterocycles. The van der Waals surface area contributed by atoms with E-state index in [0.29, 0.717) is 0 Å². The zero-order valence-electron chi connectivity index (χ0n) is 31.8. The zero-order chi connectivity index (χ0) is 38.4. The molecule has 0 bridgehead atoms. The number of rotatable bonds is 7. The molecule has 0 atom stereocenters. The standard InChI is InChI=1S/C56H38N2/c1-4-18-39(19-5-1)46-35-37-52(48-28-13-12-27-47(46)48)58(55-33-17-32-54-56(55)49-29-14-15-31-51(49)57(54)43-24-8-3-9-25-43)53-36-34-42(38-50(53)41-20-6-2-7-21-41)45-30-16-23-40-22-10-11-26-44(40)45/h1-38H. The summed E-state index contributed by atoms with van der Waals surface area (Å²) in [6.07, 6.45) is 0. The largest absolute Gasteiger partial charge is 0.309 e. The lowest BCUT2D eigenvalue weighted by atomic mass is 9.92. The second-order valence-corrected chi connectivity index (χ2v) is 14.9. The minimum Gasteiger partial charge on any atom is -0.309 e. The number of hydrogen-bond donors (Lipinski definition) is 0. The van der Waals surface area contributed by atoms with Crippen LogP contribution in [-0.4, -0.2) is 4.57 Å². The molecule has 0 amide bonds. The highest BCUT2D eigenvalue weighted by Gasteiger charge is 2.25. The quantitative estimate of drug-likeness (QED) is 0.158. The smallest absolute Gasteiger partial charge is 0.0562 e. The first-order valence-corrected chi connectivity index (χ1v) is 19.9. The minimum atomic E-state index is 1.11. The number of hydrogen-bond acceptors (Lipinski definition) is 1. The molecular formula is C56H38N2. The predicted octanol–water partition coefficient (Wildman–Crippen LogP) is 15.6. The van der Waals surface area contributed by atoms with E-state index in [2.05, 4.69) is 240 Å². The van der Waals surface area contributed by atoms with Gasteiger partial charge >= 0.3 is 0 Å². The van der Waals surface area contributed by atoms with Gasteiger partial charge in [-0.05, 0) is 92.5 Å². The number of para-hydroxylation sites is 2. The number of fused-ring (bicyclic) bond motifs is 5. The maximum atomic E-state index is 2.52. The molecule has 0 saturated carbocycles. The molecule has 0 saturated heterocycles. The maximum absolute atomic E-state index is 2.52. The van der Waals surface area contributed by atoms with E-state index in [-0.39, 0.29) is 0 Å². The van der Waals surface area contributed by atoms with Gasteiger partial charge in [-0.2, -0.15) is 0 Å². The van der Waals surface area contributed by atoms with Gasteiger partial charge in [-0.25, -0.2) is 0 Å². The van der Waals surface area contributed by atoms with E-state index >= 15 is 0 Å². The first-order valence-electron chi connectivity index (χ1n) is 19.9. The van der Waals surface area contributed by atoms with Crippen LogP contribution in [0.3, 0.4) is 0 Å². The van der Waals surface area contributed by atoms with E-state index in [1.165, 1.54) is 60.1 Å². The maximum Gasteiger partial charge on any atom is 0.0562 e. The number of nitrogens with zero attached hydrogens (tertiary/aromatic N) is 2. The summed E-state index contributed by atoms with van der Waals surface area (Å²) in [5, 5.41) is 7.29. The fraction of sp³-hybridized carbons (Fsp3) is 0. The molecule has 10 aromatic carbocycles. The Morgan fingerprint density at radius 2 is 0.845 bits per heavy atom. The van der Waals surface area contributed by atoms with E-state index < -0.39 is 0 Å². The molecule has 2 nitrogen and oxygen atoms in total. The first-order chi connectivity index (χ1) is 28.8. The molecule has 272 valence electrons. The van der Waals surface area contributed by atoms with E-state index in [0.717, 1.165) is 39.4 Å². The highest BCUT2D eigenvalue weighted by atomic mass is 15.2. The van der Waals surface area contributed by atoms with Crippen molar-refractivity contribution in [3.8, 4) is 39.1 Å². The van der Waals surface area contributed by atoms with Gasteiger partial charge in [-0.3, -0.25) is 0 Å². The summed E-state index contributed by atoms with van der Waals surface area (Å²) in [4.78, 5) is 2.52.